The summed E-state index contributed by atoms with van der Waals surface area (Å²) in [6, 6.07) is 5.50. The second kappa shape index (κ2) is 7.99. The molecule has 2 saturated heterocycles. The van der Waals surface area contributed by atoms with E-state index in [4.69, 9.17) is 4.74 Å². The zero-order chi connectivity index (χ0) is 16.9. The van der Waals surface area contributed by atoms with Crippen LogP contribution in [0.2, 0.25) is 0 Å². The number of ether oxygens (including phenoxy) is 1. The number of piperidine rings is 1. The second-order valence-electron chi connectivity index (χ2n) is 6.98. The predicted molar refractivity (Wildman–Crippen MR) is 93.3 cm³/mol. The first-order chi connectivity index (χ1) is 11.7. The molecule has 24 heavy (non-hydrogen) atoms. The fourth-order valence-corrected chi connectivity index (χ4v) is 3.60. The molecule has 0 bridgehead atoms. The van der Waals surface area contributed by atoms with Gasteiger partial charge in [0.2, 0.25) is 0 Å². The van der Waals surface area contributed by atoms with Crippen molar-refractivity contribution in [1.82, 2.24) is 10.2 Å². The molecule has 5 heteroatoms. The average Bonchev–Trinajstić information content (AvgIpc) is 3.09. The lowest BCUT2D eigenvalue weighted by Gasteiger charge is -2.33. The molecule has 2 heterocycles. The van der Waals surface area contributed by atoms with Gasteiger partial charge in [-0.3, -0.25) is 4.79 Å². The molecule has 2 N–H and O–H groups in total. The van der Waals surface area contributed by atoms with E-state index in [0.29, 0.717) is 11.5 Å². The van der Waals surface area contributed by atoms with E-state index < -0.39 is 0 Å². The summed E-state index contributed by atoms with van der Waals surface area (Å²) >= 11 is 0. The number of carbonyl (C=O) groups excluding carboxylic acids is 1. The minimum absolute atomic E-state index is 0.0746. The standard InChI is InChI=1S/C19H28N2O3/c1-2-14-3-4-17(18(22)11-14)19(23)20-16-5-8-21(9-6-16)12-15-7-10-24-13-15/h3-4,11,15-16,22H,2,5-10,12-13H2,1H3,(H,20,23)/t15-/m0/s1. The molecule has 1 aromatic rings. The van der Waals surface area contributed by atoms with Crippen molar-refractivity contribution in [1.29, 1.82) is 0 Å². The highest BCUT2D eigenvalue weighted by Gasteiger charge is 2.25. The maximum Gasteiger partial charge on any atom is 0.255 e. The summed E-state index contributed by atoms with van der Waals surface area (Å²) in [5.41, 5.74) is 1.41. The normalized spacial score (nSPS) is 22.6. The number of nitrogens with zero attached hydrogens (tertiary/aromatic N) is 1. The fourth-order valence-electron chi connectivity index (χ4n) is 3.60. The molecule has 5 nitrogen and oxygen atoms in total. The van der Waals surface area contributed by atoms with E-state index in [9.17, 15) is 9.90 Å². The Bertz CT molecular complexity index is 562. The van der Waals surface area contributed by atoms with Crippen molar-refractivity contribution < 1.29 is 14.6 Å². The quantitative estimate of drug-likeness (QED) is 0.868. The van der Waals surface area contributed by atoms with Crippen LogP contribution in [0.3, 0.4) is 0 Å². The van der Waals surface area contributed by atoms with E-state index in [1.54, 1.807) is 12.1 Å². The first kappa shape index (κ1) is 17.2. The van der Waals surface area contributed by atoms with Gasteiger partial charge >= 0.3 is 0 Å². The van der Waals surface area contributed by atoms with Crippen LogP contribution in [0.1, 0.15) is 42.1 Å². The number of nitrogens with one attached hydrogen (secondary N) is 1. The van der Waals surface area contributed by atoms with Gasteiger partial charge in [-0.15, -0.1) is 0 Å². The Balaban J connectivity index is 1.47. The van der Waals surface area contributed by atoms with Crippen LogP contribution in [0, 0.1) is 5.92 Å². The molecular formula is C19H28N2O3. The van der Waals surface area contributed by atoms with Gasteiger partial charge in [-0.2, -0.15) is 0 Å². The van der Waals surface area contributed by atoms with Crippen molar-refractivity contribution in [2.24, 2.45) is 5.92 Å². The van der Waals surface area contributed by atoms with Gasteiger partial charge in [0.25, 0.3) is 5.91 Å². The molecule has 2 aliphatic rings. The van der Waals surface area contributed by atoms with Gasteiger partial charge in [-0.25, -0.2) is 0 Å². The van der Waals surface area contributed by atoms with Crippen LogP contribution < -0.4 is 5.32 Å². The van der Waals surface area contributed by atoms with E-state index in [1.807, 2.05) is 13.0 Å². The van der Waals surface area contributed by atoms with Crippen LogP contribution in [-0.4, -0.2) is 54.8 Å². The Morgan fingerprint density at radius 1 is 1.33 bits per heavy atom. The van der Waals surface area contributed by atoms with Crippen molar-refractivity contribution in [3.05, 3.63) is 29.3 Å². The number of carbonyl (C=O) groups is 1. The van der Waals surface area contributed by atoms with Gasteiger partial charge < -0.3 is 20.1 Å². The van der Waals surface area contributed by atoms with Gasteiger partial charge in [0.15, 0.2) is 0 Å². The molecule has 1 amide bonds. The van der Waals surface area contributed by atoms with Crippen molar-refractivity contribution >= 4 is 5.91 Å². The summed E-state index contributed by atoms with van der Waals surface area (Å²) in [4.78, 5) is 14.9. The number of aryl methyl sites for hydroxylation is 1. The lowest BCUT2D eigenvalue weighted by molar-refractivity contribution is 0.0900. The number of hydrogen-bond donors (Lipinski definition) is 2. The Morgan fingerprint density at radius 3 is 2.75 bits per heavy atom. The Labute approximate surface area is 144 Å². The van der Waals surface area contributed by atoms with Crippen LogP contribution in [0.4, 0.5) is 0 Å². The van der Waals surface area contributed by atoms with E-state index >= 15 is 0 Å². The van der Waals surface area contributed by atoms with E-state index in [2.05, 4.69) is 10.2 Å². The lowest BCUT2D eigenvalue weighted by atomic mass is 10.0. The van der Waals surface area contributed by atoms with Gasteiger partial charge in [0.05, 0.1) is 12.2 Å². The SMILES string of the molecule is CCc1ccc(C(=O)NC2CCN(C[C@@H]3CCOC3)CC2)c(O)c1. The summed E-state index contributed by atoms with van der Waals surface area (Å²) in [6.45, 7) is 6.96. The van der Waals surface area contributed by atoms with Crippen molar-refractivity contribution in [2.45, 2.75) is 38.6 Å². The number of phenols is 1. The van der Waals surface area contributed by atoms with Crippen LogP contribution in [-0.2, 0) is 11.2 Å². The monoisotopic (exact) mass is 332 g/mol. The summed E-state index contributed by atoms with van der Waals surface area (Å²) in [7, 11) is 0. The maximum atomic E-state index is 12.4. The van der Waals surface area contributed by atoms with Gasteiger partial charge in [0, 0.05) is 32.3 Å². The number of aromatic hydroxyl groups is 1. The molecule has 0 spiro atoms. The first-order valence-corrected chi connectivity index (χ1v) is 9.08. The smallest absolute Gasteiger partial charge is 0.255 e. The van der Waals surface area contributed by atoms with E-state index in [1.165, 1.54) is 6.42 Å². The Hall–Kier alpha value is -1.59. The molecule has 0 unspecified atom stereocenters. The number of amides is 1. The fraction of sp³-hybridized carbons (Fsp3) is 0.632. The third kappa shape index (κ3) is 4.28. The Kier molecular flexibility index (Phi) is 5.74. The molecular weight excluding hydrogens is 304 g/mol. The van der Waals surface area contributed by atoms with Gasteiger partial charge in [-0.05, 0) is 49.3 Å². The molecule has 132 valence electrons. The molecule has 1 atom stereocenters. The first-order valence-electron chi connectivity index (χ1n) is 9.08. The minimum Gasteiger partial charge on any atom is -0.507 e. The Morgan fingerprint density at radius 2 is 2.12 bits per heavy atom. The van der Waals surface area contributed by atoms with Crippen LogP contribution in [0.25, 0.3) is 0 Å². The summed E-state index contributed by atoms with van der Waals surface area (Å²) in [5, 5.41) is 13.1. The molecule has 3 rings (SSSR count). The number of likely N-dealkylation sites (tertiary alicyclic amines) is 1. The zero-order valence-corrected chi connectivity index (χ0v) is 14.5. The number of hydrogen-bond acceptors (Lipinski definition) is 4. The lowest BCUT2D eigenvalue weighted by Crippen LogP contribution is -2.45. The second-order valence-corrected chi connectivity index (χ2v) is 6.98. The summed E-state index contributed by atoms with van der Waals surface area (Å²) in [5.74, 6) is 0.577. The molecule has 0 aromatic heterocycles. The topological polar surface area (TPSA) is 61.8 Å². The highest BCUT2D eigenvalue weighted by Crippen LogP contribution is 2.21. The van der Waals surface area contributed by atoms with Crippen molar-refractivity contribution in [3.63, 3.8) is 0 Å². The number of benzene rings is 1. The minimum atomic E-state index is -0.169. The molecule has 0 saturated carbocycles. The zero-order valence-electron chi connectivity index (χ0n) is 14.5. The average molecular weight is 332 g/mol. The van der Waals surface area contributed by atoms with Gasteiger partial charge in [-0.1, -0.05) is 13.0 Å². The summed E-state index contributed by atoms with van der Waals surface area (Å²) < 4.78 is 5.44. The largest absolute Gasteiger partial charge is 0.507 e. The molecule has 0 radical (unpaired) electrons. The van der Waals surface area contributed by atoms with Crippen molar-refractivity contribution in [3.8, 4) is 5.75 Å². The molecule has 1 aromatic carbocycles. The third-order valence-corrected chi connectivity index (χ3v) is 5.18. The number of phenolic OH excluding ortho intramolecular Hbond substituents is 1. The van der Waals surface area contributed by atoms with Gasteiger partial charge in [0.1, 0.15) is 5.75 Å². The third-order valence-electron chi connectivity index (χ3n) is 5.18. The molecule has 2 fully saturated rings. The van der Waals surface area contributed by atoms with E-state index in [0.717, 1.165) is 57.7 Å². The highest BCUT2D eigenvalue weighted by molar-refractivity contribution is 5.97. The summed E-state index contributed by atoms with van der Waals surface area (Å²) in [6.07, 6.45) is 3.95. The molecule has 0 aliphatic carbocycles. The molecule has 2 aliphatic heterocycles. The van der Waals surface area contributed by atoms with Crippen LogP contribution in [0.15, 0.2) is 18.2 Å². The number of rotatable bonds is 5. The highest BCUT2D eigenvalue weighted by atomic mass is 16.5. The maximum absolute atomic E-state index is 12.4. The van der Waals surface area contributed by atoms with E-state index in [-0.39, 0.29) is 17.7 Å². The van der Waals surface area contributed by atoms with Crippen LogP contribution >= 0.6 is 0 Å². The predicted octanol–water partition coefficient (Wildman–Crippen LogP) is 2.19. The van der Waals surface area contributed by atoms with Crippen molar-refractivity contribution in [2.75, 3.05) is 32.8 Å². The van der Waals surface area contributed by atoms with Crippen LogP contribution in [0.5, 0.6) is 5.75 Å².